The van der Waals surface area contributed by atoms with Crippen LogP contribution in [0.25, 0.3) is 0 Å². The zero-order valence-electron chi connectivity index (χ0n) is 20.8. The Morgan fingerprint density at radius 1 is 1.03 bits per heavy atom. The maximum atomic E-state index is 13.5. The molecular formula is C28H36N4OS. The van der Waals surface area contributed by atoms with E-state index in [2.05, 4.69) is 61.3 Å². The highest BCUT2D eigenvalue weighted by Gasteiger charge is 2.36. The van der Waals surface area contributed by atoms with Gasteiger partial charge in [-0.2, -0.15) is 5.10 Å². The lowest BCUT2D eigenvalue weighted by Crippen LogP contribution is -2.47. The van der Waals surface area contributed by atoms with Crippen molar-refractivity contribution in [2.75, 3.05) is 24.7 Å². The molecule has 0 spiro atoms. The van der Waals surface area contributed by atoms with E-state index in [4.69, 9.17) is 12.2 Å². The molecule has 2 heterocycles. The van der Waals surface area contributed by atoms with Crippen LogP contribution in [0.1, 0.15) is 56.4 Å². The molecule has 2 aliphatic heterocycles. The number of aryl methyl sites for hydroxylation is 2. The molecule has 0 aliphatic carbocycles. The number of para-hydroxylation sites is 1. The van der Waals surface area contributed by atoms with Gasteiger partial charge in [-0.25, -0.2) is 0 Å². The maximum Gasteiger partial charge on any atom is 0.280 e. The SMILES string of the molecule is CCc1cccc(CC)c1CC(=S)N/N=C1\C(=O)N(CN2CC(C)CC(C)C2)c2ccccc21. The Labute approximate surface area is 209 Å². The van der Waals surface area contributed by atoms with E-state index in [1.54, 1.807) is 0 Å². The number of piperidine rings is 1. The van der Waals surface area contributed by atoms with Crippen molar-refractivity contribution in [2.24, 2.45) is 16.9 Å². The molecule has 5 nitrogen and oxygen atoms in total. The van der Waals surface area contributed by atoms with Crippen molar-refractivity contribution in [3.05, 3.63) is 64.7 Å². The van der Waals surface area contributed by atoms with E-state index >= 15 is 0 Å². The van der Waals surface area contributed by atoms with Crippen LogP contribution in [0.15, 0.2) is 47.6 Å². The Kier molecular flexibility index (Phi) is 7.79. The van der Waals surface area contributed by atoms with Crippen LogP contribution in [0, 0.1) is 11.8 Å². The van der Waals surface area contributed by atoms with Crippen LogP contribution in [0.5, 0.6) is 0 Å². The van der Waals surface area contributed by atoms with Crippen molar-refractivity contribution < 1.29 is 4.79 Å². The third kappa shape index (κ3) is 5.23. The lowest BCUT2D eigenvalue weighted by Gasteiger charge is -2.37. The Morgan fingerprint density at radius 2 is 1.68 bits per heavy atom. The first-order valence-electron chi connectivity index (χ1n) is 12.5. The van der Waals surface area contributed by atoms with Gasteiger partial charge in [-0.3, -0.25) is 20.0 Å². The summed E-state index contributed by atoms with van der Waals surface area (Å²) in [6, 6.07) is 14.4. The minimum absolute atomic E-state index is 0.0643. The summed E-state index contributed by atoms with van der Waals surface area (Å²) in [5.74, 6) is 1.22. The minimum atomic E-state index is -0.0643. The molecule has 1 saturated heterocycles. The summed E-state index contributed by atoms with van der Waals surface area (Å²) in [4.78, 5) is 18.3. The van der Waals surface area contributed by atoms with E-state index in [9.17, 15) is 4.79 Å². The van der Waals surface area contributed by atoms with Gasteiger partial charge in [0.25, 0.3) is 5.91 Å². The highest BCUT2D eigenvalue weighted by Crippen LogP contribution is 2.30. The Bertz CT molecular complexity index is 1060. The van der Waals surface area contributed by atoms with Crippen molar-refractivity contribution in [3.63, 3.8) is 0 Å². The van der Waals surface area contributed by atoms with Gasteiger partial charge in [-0.15, -0.1) is 0 Å². The number of anilines is 1. The largest absolute Gasteiger partial charge is 0.293 e. The fourth-order valence-corrected chi connectivity index (χ4v) is 5.70. The average Bonchev–Trinajstić information content (AvgIpc) is 3.08. The molecule has 0 bridgehead atoms. The van der Waals surface area contributed by atoms with Crippen molar-refractivity contribution in [1.82, 2.24) is 10.3 Å². The van der Waals surface area contributed by atoms with Crippen molar-refractivity contribution in [2.45, 2.75) is 53.4 Å². The molecule has 4 rings (SSSR count). The van der Waals surface area contributed by atoms with Gasteiger partial charge < -0.3 is 0 Å². The zero-order chi connectivity index (χ0) is 24.2. The highest BCUT2D eigenvalue weighted by molar-refractivity contribution is 7.80. The number of rotatable bonds is 7. The molecule has 6 heteroatoms. The van der Waals surface area contributed by atoms with Crippen LogP contribution in [0.2, 0.25) is 0 Å². The van der Waals surface area contributed by atoms with E-state index in [1.807, 2.05) is 29.2 Å². The number of hydrazone groups is 1. The van der Waals surface area contributed by atoms with E-state index in [0.29, 0.717) is 35.6 Å². The topological polar surface area (TPSA) is 47.9 Å². The molecule has 2 atom stereocenters. The molecule has 2 unspecified atom stereocenters. The Balaban J connectivity index is 1.51. The molecule has 0 aromatic heterocycles. The number of hydrogen-bond donors (Lipinski definition) is 1. The number of carbonyl (C=O) groups is 1. The number of thiocarbonyl (C=S) groups is 1. The number of nitrogens with one attached hydrogen (secondary N) is 1. The second kappa shape index (κ2) is 10.8. The van der Waals surface area contributed by atoms with Crippen LogP contribution in [-0.2, 0) is 24.1 Å². The molecule has 2 aromatic rings. The summed E-state index contributed by atoms with van der Waals surface area (Å²) in [6.45, 7) is 11.5. The van der Waals surface area contributed by atoms with Crippen molar-refractivity contribution in [1.29, 1.82) is 0 Å². The first kappa shape index (κ1) is 24.6. The molecule has 0 saturated carbocycles. The van der Waals surface area contributed by atoms with Crippen LogP contribution >= 0.6 is 12.2 Å². The van der Waals surface area contributed by atoms with Crippen molar-refractivity contribution in [3.8, 4) is 0 Å². The summed E-state index contributed by atoms with van der Waals surface area (Å²) in [6.07, 6.45) is 3.81. The van der Waals surface area contributed by atoms with Gasteiger partial charge in [-0.1, -0.05) is 76.3 Å². The number of carbonyl (C=O) groups excluding carboxylic acids is 1. The molecule has 2 aromatic carbocycles. The second-order valence-corrected chi connectivity index (χ2v) is 10.3. The van der Waals surface area contributed by atoms with Crippen molar-refractivity contribution >= 4 is 34.5 Å². The lowest BCUT2D eigenvalue weighted by molar-refractivity contribution is -0.112. The van der Waals surface area contributed by atoms with Gasteiger partial charge >= 0.3 is 0 Å². The van der Waals surface area contributed by atoms with E-state index in [0.717, 1.165) is 37.2 Å². The normalized spacial score (nSPS) is 21.7. The number of hydrogen-bond acceptors (Lipinski definition) is 4. The fraction of sp³-hybridized carbons (Fsp3) is 0.464. The van der Waals surface area contributed by atoms with Gasteiger partial charge in [0.15, 0.2) is 5.71 Å². The molecule has 34 heavy (non-hydrogen) atoms. The number of fused-ring (bicyclic) bond motifs is 1. The number of nitrogens with zero attached hydrogens (tertiary/aromatic N) is 3. The van der Waals surface area contributed by atoms with E-state index in [-0.39, 0.29) is 5.91 Å². The monoisotopic (exact) mass is 476 g/mol. The van der Waals surface area contributed by atoms with E-state index in [1.165, 1.54) is 23.1 Å². The minimum Gasteiger partial charge on any atom is -0.293 e. The maximum absolute atomic E-state index is 13.5. The average molecular weight is 477 g/mol. The fourth-order valence-electron chi connectivity index (χ4n) is 5.51. The zero-order valence-corrected chi connectivity index (χ0v) is 21.6. The van der Waals surface area contributed by atoms with Gasteiger partial charge in [-0.05, 0) is 53.9 Å². The van der Waals surface area contributed by atoms with Gasteiger partial charge in [0, 0.05) is 25.1 Å². The van der Waals surface area contributed by atoms with Crippen LogP contribution in [0.4, 0.5) is 5.69 Å². The van der Waals surface area contributed by atoms with Crippen LogP contribution in [0.3, 0.4) is 0 Å². The lowest BCUT2D eigenvalue weighted by atomic mass is 9.92. The molecule has 2 aliphatic rings. The van der Waals surface area contributed by atoms with Gasteiger partial charge in [0.05, 0.1) is 12.4 Å². The van der Waals surface area contributed by atoms with Gasteiger partial charge in [0.2, 0.25) is 0 Å². The Hall–Kier alpha value is -2.57. The highest BCUT2D eigenvalue weighted by atomic mass is 32.1. The molecule has 180 valence electrons. The first-order valence-corrected chi connectivity index (χ1v) is 12.9. The molecular weight excluding hydrogens is 440 g/mol. The third-order valence-corrected chi connectivity index (χ3v) is 7.18. The van der Waals surface area contributed by atoms with Gasteiger partial charge in [0.1, 0.15) is 4.99 Å². The summed E-state index contributed by atoms with van der Waals surface area (Å²) in [5.41, 5.74) is 9.18. The second-order valence-electron chi connectivity index (χ2n) is 9.81. The predicted molar refractivity (Wildman–Crippen MR) is 144 cm³/mol. The number of amides is 1. The summed E-state index contributed by atoms with van der Waals surface area (Å²) in [7, 11) is 0. The summed E-state index contributed by atoms with van der Waals surface area (Å²) in [5, 5.41) is 4.54. The molecule has 1 amide bonds. The standard InChI is InChI=1S/C28H36N4OS/c1-5-21-10-9-11-22(6-2)24(21)15-26(34)29-30-27-23-12-7-8-13-25(23)32(28(27)33)18-31-16-19(3)14-20(4)17-31/h7-13,19-20H,5-6,14-18H2,1-4H3,(H,29,34)/b30-27-. The molecule has 1 fully saturated rings. The molecule has 1 N–H and O–H groups in total. The predicted octanol–water partition coefficient (Wildman–Crippen LogP) is 4.96. The third-order valence-electron chi connectivity index (χ3n) is 6.95. The van der Waals surface area contributed by atoms with Crippen LogP contribution in [-0.4, -0.2) is 41.3 Å². The Morgan fingerprint density at radius 3 is 2.32 bits per heavy atom. The quantitative estimate of drug-likeness (QED) is 0.453. The van der Waals surface area contributed by atoms with Crippen LogP contribution < -0.4 is 10.3 Å². The first-order chi connectivity index (χ1) is 16.4. The smallest absolute Gasteiger partial charge is 0.280 e. The number of likely N-dealkylation sites (tertiary alicyclic amines) is 1. The number of benzene rings is 2. The molecule has 0 radical (unpaired) electrons. The summed E-state index contributed by atoms with van der Waals surface area (Å²) < 4.78 is 0. The van der Waals surface area contributed by atoms with E-state index < -0.39 is 0 Å². The summed E-state index contributed by atoms with van der Waals surface area (Å²) >= 11 is 5.66.